The maximum Gasteiger partial charge on any atom is 0.292 e. The minimum atomic E-state index is -0.528. The smallest absolute Gasteiger partial charge is 0.292 e. The number of halogens is 1. The molecular formula is C15H16FN3O2. The van der Waals surface area contributed by atoms with Gasteiger partial charge in [0.2, 0.25) is 0 Å². The van der Waals surface area contributed by atoms with Gasteiger partial charge in [-0.2, -0.15) is 0 Å². The summed E-state index contributed by atoms with van der Waals surface area (Å²) >= 11 is 0. The molecule has 0 aromatic heterocycles. The van der Waals surface area contributed by atoms with E-state index in [0.717, 1.165) is 0 Å². The largest absolute Gasteiger partial charge is 0.393 e. The summed E-state index contributed by atoms with van der Waals surface area (Å²) in [6.07, 6.45) is 0. The maximum atomic E-state index is 13.8. The number of nitro groups is 1. The predicted molar refractivity (Wildman–Crippen MR) is 80.7 cm³/mol. The molecule has 0 aliphatic heterocycles. The molecule has 0 bridgehead atoms. The van der Waals surface area contributed by atoms with Crippen LogP contribution in [0.15, 0.2) is 42.5 Å². The van der Waals surface area contributed by atoms with E-state index in [1.165, 1.54) is 18.2 Å². The van der Waals surface area contributed by atoms with E-state index in [1.807, 2.05) is 11.8 Å². The topological polar surface area (TPSA) is 72.4 Å². The van der Waals surface area contributed by atoms with Crippen LogP contribution in [0.1, 0.15) is 18.5 Å². The molecule has 2 aromatic rings. The van der Waals surface area contributed by atoms with E-state index in [4.69, 9.17) is 5.73 Å². The predicted octanol–water partition coefficient (Wildman–Crippen LogP) is 3.51. The number of benzene rings is 2. The zero-order valence-electron chi connectivity index (χ0n) is 11.8. The van der Waals surface area contributed by atoms with Crippen LogP contribution in [0.4, 0.5) is 21.5 Å². The first-order valence-electron chi connectivity index (χ1n) is 6.43. The van der Waals surface area contributed by atoms with Crippen molar-refractivity contribution in [3.8, 4) is 0 Å². The summed E-state index contributed by atoms with van der Waals surface area (Å²) in [6.45, 7) is 1.86. The van der Waals surface area contributed by atoms with Crippen molar-refractivity contribution < 1.29 is 9.31 Å². The van der Waals surface area contributed by atoms with Crippen molar-refractivity contribution in [3.05, 3.63) is 64.0 Å². The van der Waals surface area contributed by atoms with Crippen LogP contribution in [0.5, 0.6) is 0 Å². The Morgan fingerprint density at radius 1 is 1.29 bits per heavy atom. The van der Waals surface area contributed by atoms with E-state index in [9.17, 15) is 14.5 Å². The van der Waals surface area contributed by atoms with Gasteiger partial charge in [-0.25, -0.2) is 4.39 Å². The first-order chi connectivity index (χ1) is 9.91. The van der Waals surface area contributed by atoms with E-state index in [2.05, 4.69) is 0 Å². The summed E-state index contributed by atoms with van der Waals surface area (Å²) in [4.78, 5) is 12.1. The van der Waals surface area contributed by atoms with Gasteiger partial charge in [0.05, 0.1) is 11.0 Å². The van der Waals surface area contributed by atoms with Crippen LogP contribution in [-0.2, 0) is 0 Å². The number of anilines is 2. The highest BCUT2D eigenvalue weighted by Crippen LogP contribution is 2.31. The van der Waals surface area contributed by atoms with Crippen molar-refractivity contribution in [1.29, 1.82) is 0 Å². The van der Waals surface area contributed by atoms with Gasteiger partial charge in [-0.05, 0) is 25.1 Å². The Morgan fingerprint density at radius 2 is 1.95 bits per heavy atom. The minimum absolute atomic E-state index is 0.0880. The monoisotopic (exact) mass is 289 g/mol. The van der Waals surface area contributed by atoms with Crippen LogP contribution in [-0.4, -0.2) is 12.0 Å². The number of nitrogens with two attached hydrogens (primary N) is 1. The number of rotatable bonds is 4. The summed E-state index contributed by atoms with van der Waals surface area (Å²) in [5, 5.41) is 10.8. The highest BCUT2D eigenvalue weighted by molar-refractivity contribution is 5.66. The molecule has 0 aliphatic carbocycles. The zero-order valence-corrected chi connectivity index (χ0v) is 11.8. The highest BCUT2D eigenvalue weighted by atomic mass is 19.1. The number of hydrogen-bond donors (Lipinski definition) is 1. The number of hydrogen-bond acceptors (Lipinski definition) is 4. The fourth-order valence-electron chi connectivity index (χ4n) is 2.17. The Hall–Kier alpha value is -2.63. The second-order valence-corrected chi connectivity index (χ2v) is 4.81. The Kier molecular flexibility index (Phi) is 4.07. The molecule has 6 heteroatoms. The van der Waals surface area contributed by atoms with Gasteiger partial charge in [-0.15, -0.1) is 0 Å². The average Bonchev–Trinajstić information content (AvgIpc) is 2.45. The molecule has 2 N–H and O–H groups in total. The van der Waals surface area contributed by atoms with Gasteiger partial charge in [0.25, 0.3) is 5.69 Å². The molecule has 0 aliphatic rings. The molecule has 0 saturated carbocycles. The Balaban J connectivity index is 2.32. The van der Waals surface area contributed by atoms with Gasteiger partial charge in [-0.1, -0.05) is 18.2 Å². The average molecular weight is 289 g/mol. The summed E-state index contributed by atoms with van der Waals surface area (Å²) in [5.41, 5.74) is 6.88. The van der Waals surface area contributed by atoms with Crippen molar-refractivity contribution in [2.45, 2.75) is 13.0 Å². The van der Waals surface area contributed by atoms with Crippen LogP contribution in [0.3, 0.4) is 0 Å². The van der Waals surface area contributed by atoms with Crippen molar-refractivity contribution in [1.82, 2.24) is 0 Å². The van der Waals surface area contributed by atoms with E-state index in [0.29, 0.717) is 11.3 Å². The Morgan fingerprint density at radius 3 is 2.52 bits per heavy atom. The first kappa shape index (κ1) is 14.8. The molecule has 0 spiro atoms. The molecule has 21 heavy (non-hydrogen) atoms. The lowest BCUT2D eigenvalue weighted by Crippen LogP contribution is -2.22. The number of nitro benzene ring substituents is 1. The normalized spacial score (nSPS) is 12.0. The zero-order chi connectivity index (χ0) is 15.6. The van der Waals surface area contributed by atoms with Crippen molar-refractivity contribution in [3.63, 3.8) is 0 Å². The van der Waals surface area contributed by atoms with Gasteiger partial charge in [0.1, 0.15) is 11.5 Å². The van der Waals surface area contributed by atoms with Crippen molar-refractivity contribution in [2.24, 2.45) is 0 Å². The summed E-state index contributed by atoms with van der Waals surface area (Å²) in [5.74, 6) is -0.285. The molecule has 110 valence electrons. The lowest BCUT2D eigenvalue weighted by molar-refractivity contribution is -0.383. The molecule has 0 saturated heterocycles. The molecule has 2 rings (SSSR count). The number of nitrogen functional groups attached to an aromatic ring is 1. The molecule has 2 aromatic carbocycles. The molecule has 0 amide bonds. The van der Waals surface area contributed by atoms with Gasteiger partial charge in [0, 0.05) is 24.4 Å². The second-order valence-electron chi connectivity index (χ2n) is 4.81. The lowest BCUT2D eigenvalue weighted by atomic mass is 10.1. The van der Waals surface area contributed by atoms with Crippen LogP contribution in [0.2, 0.25) is 0 Å². The van der Waals surface area contributed by atoms with Crippen LogP contribution >= 0.6 is 0 Å². The van der Waals surface area contributed by atoms with Crippen molar-refractivity contribution >= 4 is 17.1 Å². The fourth-order valence-corrected chi connectivity index (χ4v) is 2.17. The Bertz CT molecular complexity index is 676. The third kappa shape index (κ3) is 2.94. The summed E-state index contributed by atoms with van der Waals surface area (Å²) < 4.78 is 13.8. The van der Waals surface area contributed by atoms with Gasteiger partial charge < -0.3 is 10.6 Å². The van der Waals surface area contributed by atoms with Crippen molar-refractivity contribution in [2.75, 3.05) is 17.7 Å². The van der Waals surface area contributed by atoms with Crippen LogP contribution in [0, 0.1) is 15.9 Å². The standard InChI is InChI=1S/C15H16FN3O2/c1-10(12-5-3-4-6-13(12)16)18(2)11-7-8-15(19(20)21)14(17)9-11/h3-10H,17H2,1-2H3. The summed E-state index contributed by atoms with van der Waals surface area (Å²) in [6, 6.07) is 10.8. The fraction of sp³-hybridized carbons (Fsp3) is 0.200. The summed E-state index contributed by atoms with van der Waals surface area (Å²) in [7, 11) is 1.79. The second kappa shape index (κ2) is 5.78. The van der Waals surface area contributed by atoms with E-state index >= 15 is 0 Å². The van der Waals surface area contributed by atoms with E-state index in [1.54, 1.807) is 31.3 Å². The third-order valence-corrected chi connectivity index (χ3v) is 3.55. The van der Waals surface area contributed by atoms with Gasteiger partial charge >= 0.3 is 0 Å². The molecule has 0 radical (unpaired) electrons. The molecule has 1 unspecified atom stereocenters. The van der Waals surface area contributed by atoms with Crippen LogP contribution in [0.25, 0.3) is 0 Å². The number of nitrogens with zero attached hydrogens (tertiary/aromatic N) is 2. The maximum absolute atomic E-state index is 13.8. The molecular weight excluding hydrogens is 273 g/mol. The molecule has 1 atom stereocenters. The van der Waals surface area contributed by atoms with Crippen LogP contribution < -0.4 is 10.6 Å². The Labute approximate surface area is 122 Å². The molecule has 5 nitrogen and oxygen atoms in total. The third-order valence-electron chi connectivity index (χ3n) is 3.55. The lowest BCUT2D eigenvalue weighted by Gasteiger charge is -2.27. The van der Waals surface area contributed by atoms with E-state index in [-0.39, 0.29) is 23.2 Å². The van der Waals surface area contributed by atoms with Gasteiger partial charge in [-0.3, -0.25) is 10.1 Å². The SMILES string of the molecule is CC(c1ccccc1F)N(C)c1ccc([N+](=O)[O-])c(N)c1. The molecule has 0 heterocycles. The molecule has 0 fully saturated rings. The quantitative estimate of drug-likeness (QED) is 0.531. The first-order valence-corrected chi connectivity index (χ1v) is 6.43. The minimum Gasteiger partial charge on any atom is -0.393 e. The highest BCUT2D eigenvalue weighted by Gasteiger charge is 2.18. The van der Waals surface area contributed by atoms with Gasteiger partial charge in [0.15, 0.2) is 0 Å². The van der Waals surface area contributed by atoms with E-state index < -0.39 is 4.92 Å².